The Morgan fingerprint density at radius 3 is 2.88 bits per heavy atom. The van der Waals surface area contributed by atoms with E-state index in [1.807, 2.05) is 0 Å². The lowest BCUT2D eigenvalue weighted by atomic mass is 10.1. The number of likely N-dealkylation sites (N-methyl/N-ethyl adjacent to an activating group) is 1. The molecule has 0 aromatic carbocycles. The average molecular weight is 481 g/mol. The van der Waals surface area contributed by atoms with Crippen LogP contribution in [0.5, 0.6) is 5.75 Å². The molecule has 0 spiro atoms. The number of amides is 2. The van der Waals surface area contributed by atoms with E-state index in [9.17, 15) is 18.0 Å². The lowest BCUT2D eigenvalue weighted by Gasteiger charge is -2.24. The minimum Gasteiger partial charge on any atom is -0.487 e. The van der Waals surface area contributed by atoms with E-state index < -0.39 is 33.7 Å². The summed E-state index contributed by atoms with van der Waals surface area (Å²) in [6.07, 6.45) is 2.85. The van der Waals surface area contributed by atoms with Gasteiger partial charge in [-0.05, 0) is 12.5 Å². The van der Waals surface area contributed by atoms with Gasteiger partial charge in [-0.15, -0.1) is 0 Å². The Bertz CT molecular complexity index is 1190. The van der Waals surface area contributed by atoms with Gasteiger partial charge in [-0.25, -0.2) is 23.4 Å². The number of anilines is 1. The summed E-state index contributed by atoms with van der Waals surface area (Å²) in [4.78, 5) is 39.4. The van der Waals surface area contributed by atoms with Gasteiger partial charge in [-0.2, -0.15) is 0 Å². The zero-order chi connectivity index (χ0) is 23.0. The number of nitrogens with one attached hydrogen (secondary N) is 2. The number of hydrogen-bond acceptors (Lipinski definition) is 9. The molecule has 1 saturated heterocycles. The highest BCUT2D eigenvalue weighted by Crippen LogP contribution is 2.30. The van der Waals surface area contributed by atoms with Crippen LogP contribution in [0.4, 0.5) is 5.82 Å². The van der Waals surface area contributed by atoms with Crippen LogP contribution in [-0.4, -0.2) is 72.9 Å². The van der Waals surface area contributed by atoms with Gasteiger partial charge in [0, 0.05) is 32.1 Å². The summed E-state index contributed by atoms with van der Waals surface area (Å²) in [7, 11) is -1.69. The van der Waals surface area contributed by atoms with Crippen molar-refractivity contribution < 1.29 is 22.7 Å². The molecule has 13 heteroatoms. The van der Waals surface area contributed by atoms with Crippen molar-refractivity contribution in [3.8, 4) is 5.75 Å². The predicted octanol–water partition coefficient (Wildman–Crippen LogP) is 0.0463. The topological polar surface area (TPSA) is 143 Å². The molecule has 1 unspecified atom stereocenters. The fourth-order valence-electron chi connectivity index (χ4n) is 3.56. The number of sulfone groups is 1. The summed E-state index contributed by atoms with van der Waals surface area (Å²) in [5.74, 6) is -0.733. The molecule has 4 heterocycles. The van der Waals surface area contributed by atoms with Crippen LogP contribution in [0.1, 0.15) is 27.9 Å². The molecule has 0 aliphatic carbocycles. The van der Waals surface area contributed by atoms with E-state index in [1.165, 1.54) is 24.3 Å². The number of aromatic nitrogens is 3. The highest BCUT2D eigenvalue weighted by atomic mass is 35.5. The largest absolute Gasteiger partial charge is 0.487 e. The van der Waals surface area contributed by atoms with E-state index in [4.69, 9.17) is 16.3 Å². The molecule has 32 heavy (non-hydrogen) atoms. The van der Waals surface area contributed by atoms with Gasteiger partial charge in [0.15, 0.2) is 21.4 Å². The first-order valence-corrected chi connectivity index (χ1v) is 12.0. The molecule has 0 bridgehead atoms. The number of ether oxygens (including phenoxy) is 1. The van der Waals surface area contributed by atoms with Gasteiger partial charge in [-0.1, -0.05) is 11.6 Å². The molecule has 2 amide bonds. The molecule has 2 aromatic rings. The molecule has 2 aliphatic heterocycles. The Labute approximate surface area is 189 Å². The van der Waals surface area contributed by atoms with Crippen LogP contribution in [0.2, 0.25) is 5.02 Å². The van der Waals surface area contributed by atoms with E-state index in [0.717, 1.165) is 0 Å². The Morgan fingerprint density at radius 2 is 2.12 bits per heavy atom. The lowest BCUT2D eigenvalue weighted by molar-refractivity contribution is -0.120. The molecule has 0 saturated carbocycles. The summed E-state index contributed by atoms with van der Waals surface area (Å²) in [5.41, 5.74) is 1.09. The standard InChI is InChI=1S/C19H21ClN6O5S/c1-10-6-22-16(25-15(10)13-9-32(29,30)4-3-21-13)18(27)24-12-8-31-14-5-11(20)7-23-17(14)26(2)19(12)28/h5-7,12-13,21H,3-4,8-9H2,1-2H3,(H,24,27)/t12-,13?/m0/s1. The van der Waals surface area contributed by atoms with Gasteiger partial charge >= 0.3 is 0 Å². The van der Waals surface area contributed by atoms with E-state index in [-0.39, 0.29) is 29.8 Å². The highest BCUT2D eigenvalue weighted by molar-refractivity contribution is 7.91. The van der Waals surface area contributed by atoms with Crippen LogP contribution in [-0.2, 0) is 14.6 Å². The Morgan fingerprint density at radius 1 is 1.34 bits per heavy atom. The number of halogens is 1. The van der Waals surface area contributed by atoms with Gasteiger partial charge < -0.3 is 15.4 Å². The number of hydrogen-bond donors (Lipinski definition) is 2. The maximum absolute atomic E-state index is 12.8. The molecule has 2 atom stereocenters. The highest BCUT2D eigenvalue weighted by Gasteiger charge is 2.33. The summed E-state index contributed by atoms with van der Waals surface area (Å²) >= 11 is 5.95. The number of nitrogens with zero attached hydrogens (tertiary/aromatic N) is 4. The number of aryl methyl sites for hydroxylation is 1. The lowest BCUT2D eigenvalue weighted by Crippen LogP contribution is -2.49. The molecule has 2 N–H and O–H groups in total. The smallest absolute Gasteiger partial charge is 0.289 e. The molecule has 1 fully saturated rings. The van der Waals surface area contributed by atoms with Crippen molar-refractivity contribution in [1.82, 2.24) is 25.6 Å². The fraction of sp³-hybridized carbons (Fsp3) is 0.421. The quantitative estimate of drug-likeness (QED) is 0.622. The second-order valence-electron chi connectivity index (χ2n) is 7.59. The Hall–Kier alpha value is -2.83. The monoisotopic (exact) mass is 480 g/mol. The predicted molar refractivity (Wildman–Crippen MR) is 116 cm³/mol. The van der Waals surface area contributed by atoms with E-state index in [1.54, 1.807) is 13.0 Å². The van der Waals surface area contributed by atoms with Gasteiger partial charge in [-0.3, -0.25) is 14.5 Å². The van der Waals surface area contributed by atoms with Gasteiger partial charge in [0.25, 0.3) is 11.8 Å². The number of carbonyl (C=O) groups is 2. The Balaban J connectivity index is 1.54. The maximum Gasteiger partial charge on any atom is 0.289 e. The van der Waals surface area contributed by atoms with Crippen molar-refractivity contribution in [3.05, 3.63) is 40.6 Å². The summed E-state index contributed by atoms with van der Waals surface area (Å²) < 4.78 is 29.7. The van der Waals surface area contributed by atoms with Crippen molar-refractivity contribution in [1.29, 1.82) is 0 Å². The minimum absolute atomic E-state index is 0.0563. The van der Waals surface area contributed by atoms with Gasteiger partial charge in [0.1, 0.15) is 12.6 Å². The van der Waals surface area contributed by atoms with Crippen LogP contribution in [0, 0.1) is 6.92 Å². The first kappa shape index (κ1) is 22.4. The Kier molecular flexibility index (Phi) is 6.01. The fourth-order valence-corrected chi connectivity index (χ4v) is 5.09. The summed E-state index contributed by atoms with van der Waals surface area (Å²) in [6, 6.07) is -0.0112. The van der Waals surface area contributed by atoms with Crippen molar-refractivity contribution in [2.45, 2.75) is 19.0 Å². The molecule has 0 radical (unpaired) electrons. The second kappa shape index (κ2) is 8.60. The first-order valence-electron chi connectivity index (χ1n) is 9.79. The SMILES string of the molecule is Cc1cnc(C(=O)N[C@H]2COc3cc(Cl)cnc3N(C)C2=O)nc1C1CS(=O)(=O)CCN1. The molecular formula is C19H21ClN6O5S. The minimum atomic E-state index is -3.20. The first-order chi connectivity index (χ1) is 15.1. The van der Waals surface area contributed by atoms with Gasteiger partial charge in [0.2, 0.25) is 5.82 Å². The van der Waals surface area contributed by atoms with Crippen molar-refractivity contribution in [3.63, 3.8) is 0 Å². The van der Waals surface area contributed by atoms with Crippen LogP contribution in [0.15, 0.2) is 18.5 Å². The molecule has 170 valence electrons. The summed E-state index contributed by atoms with van der Waals surface area (Å²) in [6.45, 7) is 1.91. The third-order valence-corrected chi connectivity index (χ3v) is 7.10. The van der Waals surface area contributed by atoms with Crippen molar-refractivity contribution in [2.24, 2.45) is 0 Å². The number of fused-ring (bicyclic) bond motifs is 1. The summed E-state index contributed by atoms with van der Waals surface area (Å²) in [5, 5.41) is 6.06. The number of carbonyl (C=O) groups excluding carboxylic acids is 2. The van der Waals surface area contributed by atoms with Gasteiger partial charge in [0.05, 0.1) is 28.3 Å². The average Bonchev–Trinajstić information content (AvgIpc) is 2.85. The third-order valence-electron chi connectivity index (χ3n) is 5.23. The molecule has 2 aliphatic rings. The zero-order valence-corrected chi connectivity index (χ0v) is 18.9. The van der Waals surface area contributed by atoms with E-state index in [0.29, 0.717) is 28.6 Å². The second-order valence-corrected chi connectivity index (χ2v) is 10.3. The van der Waals surface area contributed by atoms with Crippen LogP contribution < -0.4 is 20.3 Å². The molecule has 4 rings (SSSR count). The van der Waals surface area contributed by atoms with Crippen LogP contribution >= 0.6 is 11.6 Å². The maximum atomic E-state index is 12.8. The molecular weight excluding hydrogens is 460 g/mol. The molecule has 11 nitrogen and oxygen atoms in total. The zero-order valence-electron chi connectivity index (χ0n) is 17.3. The van der Waals surface area contributed by atoms with E-state index >= 15 is 0 Å². The van der Waals surface area contributed by atoms with Crippen molar-refractivity contribution in [2.75, 3.05) is 36.6 Å². The number of pyridine rings is 1. The third kappa shape index (κ3) is 4.52. The van der Waals surface area contributed by atoms with Crippen LogP contribution in [0.25, 0.3) is 0 Å². The normalized spacial score (nSPS) is 22.5. The number of rotatable bonds is 3. The van der Waals surface area contributed by atoms with E-state index in [2.05, 4.69) is 25.6 Å². The van der Waals surface area contributed by atoms with Crippen molar-refractivity contribution >= 4 is 39.1 Å². The molecule has 2 aromatic heterocycles. The van der Waals surface area contributed by atoms with Crippen LogP contribution in [0.3, 0.4) is 0 Å².